The van der Waals surface area contributed by atoms with E-state index in [4.69, 9.17) is 4.74 Å². The largest absolute Gasteiger partial charge is 0.583 e. The first-order valence-electron chi connectivity index (χ1n) is 6.38. The Morgan fingerprint density at radius 2 is 1.35 bits per heavy atom. The molecule has 0 N–H and O–H groups in total. The van der Waals surface area contributed by atoms with Crippen LogP contribution >= 0.6 is 0 Å². The highest BCUT2D eigenvalue weighted by Gasteiger charge is 2.53. The summed E-state index contributed by atoms with van der Waals surface area (Å²) in [6, 6.07) is 0. The summed E-state index contributed by atoms with van der Waals surface area (Å²) in [4.78, 5) is 0. The first kappa shape index (κ1) is 19.6. The van der Waals surface area contributed by atoms with Crippen LogP contribution in [0.15, 0.2) is 0 Å². The predicted molar refractivity (Wildman–Crippen MR) is 66.0 cm³/mol. The van der Waals surface area contributed by atoms with Crippen LogP contribution in [0.3, 0.4) is 0 Å². The van der Waals surface area contributed by atoms with E-state index in [-0.39, 0.29) is 0 Å². The van der Waals surface area contributed by atoms with Crippen molar-refractivity contribution in [2.75, 3.05) is 26.9 Å². The van der Waals surface area contributed by atoms with Crippen molar-refractivity contribution in [3.8, 4) is 0 Å². The van der Waals surface area contributed by atoms with Crippen LogP contribution < -0.4 is 0 Å². The van der Waals surface area contributed by atoms with Crippen LogP contribution in [0.2, 0.25) is 0 Å². The van der Waals surface area contributed by atoms with E-state index >= 15 is 0 Å². The zero-order valence-electron chi connectivity index (χ0n) is 12.2. The average molecular weight is 309 g/mol. The second-order valence-corrected chi connectivity index (χ2v) is 6.00. The van der Waals surface area contributed by atoms with Gasteiger partial charge >= 0.3 is 13.1 Å². The highest BCUT2D eigenvalue weighted by Crippen LogP contribution is 2.31. The summed E-state index contributed by atoms with van der Waals surface area (Å²) in [6.07, 6.45) is -3.28. The molecule has 0 unspecified atom stereocenters. The maximum atomic E-state index is 10.5. The van der Waals surface area contributed by atoms with E-state index in [1.807, 2.05) is 7.11 Å². The Bertz CT molecular complexity index is 279. The maximum absolute atomic E-state index is 10.5. The fourth-order valence-corrected chi connectivity index (χ4v) is 2.18. The van der Waals surface area contributed by atoms with Crippen molar-refractivity contribution in [3.05, 3.63) is 0 Å². The molecule has 1 saturated heterocycles. The number of methoxy groups -OCH3 is 1. The molecule has 0 spiro atoms. The summed E-state index contributed by atoms with van der Waals surface area (Å²) in [5.41, 5.74) is 0.340. The van der Waals surface area contributed by atoms with Crippen molar-refractivity contribution in [3.63, 3.8) is 0 Å². The molecule has 1 fully saturated rings. The van der Waals surface area contributed by atoms with Crippen molar-refractivity contribution in [1.82, 2.24) is 0 Å². The molecule has 2 nitrogen and oxygen atoms in total. The first-order valence-corrected chi connectivity index (χ1v) is 6.38. The van der Waals surface area contributed by atoms with E-state index in [0.717, 1.165) is 11.2 Å². The number of nitrogens with zero attached hydrogens (tertiary/aromatic N) is 1. The first-order chi connectivity index (χ1) is 8.77. The van der Waals surface area contributed by atoms with Crippen LogP contribution in [0.1, 0.15) is 33.6 Å². The van der Waals surface area contributed by atoms with Crippen LogP contribution in [0.5, 0.6) is 0 Å². The zero-order valence-corrected chi connectivity index (χ0v) is 12.2. The van der Waals surface area contributed by atoms with Gasteiger partial charge in [-0.1, -0.05) is 0 Å². The van der Waals surface area contributed by atoms with Crippen LogP contribution in [-0.4, -0.2) is 50.0 Å². The molecule has 0 aromatic rings. The molecule has 1 heterocycles. The van der Waals surface area contributed by atoms with Crippen LogP contribution in [0.4, 0.5) is 26.1 Å². The fourth-order valence-electron chi connectivity index (χ4n) is 2.18. The van der Waals surface area contributed by atoms with Gasteiger partial charge < -0.3 is 17.7 Å². The van der Waals surface area contributed by atoms with Gasteiger partial charge in [0.1, 0.15) is 0 Å². The molecule has 122 valence electrons. The quantitative estimate of drug-likeness (QED) is 0.426. The minimum absolute atomic E-state index is 0.340. The number of ether oxygens (including phenoxy) is 1. The third-order valence-corrected chi connectivity index (χ3v) is 3.59. The summed E-state index contributed by atoms with van der Waals surface area (Å²) >= 11 is 0. The van der Waals surface area contributed by atoms with Gasteiger partial charge in [-0.05, 0) is 20.8 Å². The predicted octanol–water partition coefficient (Wildman–Crippen LogP) is 3.93. The van der Waals surface area contributed by atoms with Crippen LogP contribution in [0.25, 0.3) is 0 Å². The van der Waals surface area contributed by atoms with E-state index in [2.05, 4.69) is 20.8 Å². The Morgan fingerprint density at radius 1 is 1.00 bits per heavy atom. The smallest absolute Gasteiger partial charge is 0.443 e. The third-order valence-electron chi connectivity index (χ3n) is 3.59. The zero-order chi connectivity index (χ0) is 16.2. The highest BCUT2D eigenvalue weighted by molar-refractivity contribution is 6.60. The Kier molecular flexibility index (Phi) is 6.41. The summed E-state index contributed by atoms with van der Waals surface area (Å²) in [6.45, 7) is 3.76. The average Bonchev–Trinajstić information content (AvgIpc) is 2.64. The Morgan fingerprint density at radius 3 is 1.55 bits per heavy atom. The number of hydrogen-bond donors (Lipinski definition) is 0. The van der Waals surface area contributed by atoms with Gasteiger partial charge in [-0.2, -0.15) is 0 Å². The SMILES string of the molecule is COC[N+]1(C(C)(C)C)CCCC1.F[B-](F)(F)C(F)(F)F. The number of hydrogen-bond acceptors (Lipinski definition) is 1. The maximum Gasteiger partial charge on any atom is 0.583 e. The number of alkyl halides is 3. The highest BCUT2D eigenvalue weighted by atomic mass is 19.4. The molecule has 1 rings (SSSR count). The van der Waals surface area contributed by atoms with E-state index in [1.54, 1.807) is 0 Å². The van der Waals surface area contributed by atoms with Crippen molar-refractivity contribution >= 4 is 6.98 Å². The van der Waals surface area contributed by atoms with Crippen molar-refractivity contribution in [1.29, 1.82) is 0 Å². The third kappa shape index (κ3) is 5.16. The molecule has 1 aliphatic rings. The molecule has 0 amide bonds. The van der Waals surface area contributed by atoms with Gasteiger partial charge in [-0.3, -0.25) is 4.48 Å². The van der Waals surface area contributed by atoms with Crippen LogP contribution in [-0.2, 0) is 4.74 Å². The van der Waals surface area contributed by atoms with E-state index in [0.29, 0.717) is 5.54 Å². The summed E-state index contributed by atoms with van der Waals surface area (Å²) < 4.78 is 69.4. The van der Waals surface area contributed by atoms with Gasteiger partial charge in [0.2, 0.25) is 0 Å². The number of halogens is 6. The molecule has 0 saturated carbocycles. The molecule has 0 atom stereocenters. The van der Waals surface area contributed by atoms with Gasteiger partial charge in [0.05, 0.1) is 18.6 Å². The molecular weight excluding hydrogens is 287 g/mol. The topological polar surface area (TPSA) is 9.23 Å². The van der Waals surface area contributed by atoms with E-state index in [1.165, 1.54) is 25.9 Å². The molecule has 0 aromatic carbocycles. The van der Waals surface area contributed by atoms with Crippen molar-refractivity contribution in [2.24, 2.45) is 0 Å². The summed E-state index contributed by atoms with van der Waals surface area (Å²) in [5.74, 6) is 0. The lowest BCUT2D eigenvalue weighted by molar-refractivity contribution is -0.976. The summed E-state index contributed by atoms with van der Waals surface area (Å²) in [7, 11) is 1.81. The molecule has 0 aromatic heterocycles. The lowest BCUT2D eigenvalue weighted by atomic mass is 9.92. The van der Waals surface area contributed by atoms with E-state index < -0.39 is 13.1 Å². The number of likely N-dealkylation sites (tertiary alicyclic amines) is 1. The second-order valence-electron chi connectivity index (χ2n) is 6.00. The van der Waals surface area contributed by atoms with Gasteiger partial charge in [-0.15, -0.1) is 0 Å². The van der Waals surface area contributed by atoms with E-state index in [9.17, 15) is 26.1 Å². The molecule has 1 aliphatic heterocycles. The van der Waals surface area contributed by atoms with Crippen molar-refractivity contribution < 1.29 is 35.3 Å². The molecule has 0 aliphatic carbocycles. The normalized spacial score (nSPS) is 19.5. The number of quaternary nitrogens is 1. The molecule has 20 heavy (non-hydrogen) atoms. The Balaban J connectivity index is 0.000000396. The summed E-state index contributed by atoms with van der Waals surface area (Å²) in [5, 5.41) is 0. The minimum atomic E-state index is -6.65. The minimum Gasteiger partial charge on any atom is -0.443 e. The lowest BCUT2D eigenvalue weighted by Gasteiger charge is -2.44. The molecule has 0 radical (unpaired) electrons. The monoisotopic (exact) mass is 309 g/mol. The second kappa shape index (κ2) is 6.55. The Hall–Kier alpha value is -0.435. The molecule has 0 bridgehead atoms. The fraction of sp³-hybridized carbons (Fsp3) is 1.00. The van der Waals surface area contributed by atoms with Crippen LogP contribution in [0, 0.1) is 0 Å². The van der Waals surface area contributed by atoms with Gasteiger partial charge in [0.15, 0.2) is 6.73 Å². The van der Waals surface area contributed by atoms with Gasteiger partial charge in [0, 0.05) is 20.0 Å². The van der Waals surface area contributed by atoms with Crippen molar-refractivity contribution in [2.45, 2.75) is 45.2 Å². The van der Waals surface area contributed by atoms with Gasteiger partial charge in [0.25, 0.3) is 0 Å². The lowest BCUT2D eigenvalue weighted by Crippen LogP contribution is -2.59. The molecule has 9 heteroatoms. The van der Waals surface area contributed by atoms with Gasteiger partial charge in [-0.25, -0.2) is 13.2 Å². The Labute approximate surface area is 115 Å². The number of rotatable bonds is 2. The molecular formula is C11H22BF6NO. The standard InChI is InChI=1S/C10H22NO.CBF6/c1-10(2,3)11(9-12-4)7-5-6-8-11;3-1(4,5)2(6,7)8/h5-9H2,1-4H3;/q+1;-1.